The van der Waals surface area contributed by atoms with Crippen molar-refractivity contribution >= 4 is 24.0 Å². The van der Waals surface area contributed by atoms with Crippen molar-refractivity contribution in [2.45, 2.75) is 6.04 Å². The van der Waals surface area contributed by atoms with Crippen molar-refractivity contribution in [1.82, 2.24) is 0 Å². The molecule has 3 nitrogen and oxygen atoms in total. The molecule has 1 rings (SSSR count). The van der Waals surface area contributed by atoms with E-state index >= 15 is 0 Å². The normalized spacial score (nSPS) is 11.7. The van der Waals surface area contributed by atoms with Gasteiger partial charge in [0, 0.05) is 23.2 Å². The van der Waals surface area contributed by atoms with Crippen LogP contribution >= 0.6 is 24.0 Å². The Morgan fingerprint density at radius 2 is 2.14 bits per heavy atom. The Hall–Kier alpha value is -0.480. The topological polar surface area (TPSA) is 61.3 Å². The van der Waals surface area contributed by atoms with E-state index in [2.05, 4.69) is 0 Å². The lowest BCUT2D eigenvalue weighted by molar-refractivity contribution is 0.406. The van der Waals surface area contributed by atoms with Crippen molar-refractivity contribution in [1.29, 1.82) is 0 Å². The molecule has 80 valence electrons. The maximum atomic E-state index is 5.82. The minimum absolute atomic E-state index is 0. The van der Waals surface area contributed by atoms with Crippen molar-refractivity contribution in [2.75, 3.05) is 13.7 Å². The van der Waals surface area contributed by atoms with Crippen LogP contribution in [0.3, 0.4) is 0 Å². The first-order valence-corrected chi connectivity index (χ1v) is 4.36. The fourth-order valence-electron chi connectivity index (χ4n) is 1.12. The first-order valence-electron chi connectivity index (χ1n) is 3.98. The number of methoxy groups -OCH3 is 1. The van der Waals surface area contributed by atoms with Gasteiger partial charge in [0.2, 0.25) is 0 Å². The molecule has 0 unspecified atom stereocenters. The molecule has 0 heterocycles. The van der Waals surface area contributed by atoms with Crippen LogP contribution in [0.5, 0.6) is 5.75 Å². The lowest BCUT2D eigenvalue weighted by Gasteiger charge is -2.13. The van der Waals surface area contributed by atoms with Crippen LogP contribution in [0.1, 0.15) is 11.6 Å². The summed E-state index contributed by atoms with van der Waals surface area (Å²) in [6, 6.07) is 5.09. The summed E-state index contributed by atoms with van der Waals surface area (Å²) in [5, 5.41) is 0.639. The van der Waals surface area contributed by atoms with E-state index in [1.165, 1.54) is 0 Å². The molecule has 5 heteroatoms. The van der Waals surface area contributed by atoms with Gasteiger partial charge in [-0.1, -0.05) is 11.6 Å². The number of halogens is 2. The second-order valence-corrected chi connectivity index (χ2v) is 3.16. The van der Waals surface area contributed by atoms with Crippen LogP contribution in [-0.2, 0) is 0 Å². The van der Waals surface area contributed by atoms with E-state index in [1.807, 2.05) is 0 Å². The van der Waals surface area contributed by atoms with E-state index < -0.39 is 0 Å². The molecular formula is C9H14Cl2N2O. The van der Waals surface area contributed by atoms with E-state index in [9.17, 15) is 0 Å². The van der Waals surface area contributed by atoms with E-state index in [0.717, 1.165) is 11.3 Å². The molecular weight excluding hydrogens is 223 g/mol. The van der Waals surface area contributed by atoms with Crippen molar-refractivity contribution < 1.29 is 4.74 Å². The Labute approximate surface area is 94.8 Å². The molecule has 0 saturated carbocycles. The van der Waals surface area contributed by atoms with Gasteiger partial charge < -0.3 is 16.2 Å². The van der Waals surface area contributed by atoms with Crippen molar-refractivity contribution in [3.05, 3.63) is 28.8 Å². The first-order chi connectivity index (χ1) is 6.19. The molecule has 1 aromatic rings. The quantitative estimate of drug-likeness (QED) is 0.841. The monoisotopic (exact) mass is 236 g/mol. The molecule has 0 radical (unpaired) electrons. The summed E-state index contributed by atoms with van der Waals surface area (Å²) in [5.74, 6) is 0.724. The third-order valence-corrected chi connectivity index (χ3v) is 2.08. The highest BCUT2D eigenvalue weighted by Crippen LogP contribution is 2.26. The van der Waals surface area contributed by atoms with Crippen LogP contribution < -0.4 is 16.2 Å². The van der Waals surface area contributed by atoms with E-state index in [4.69, 9.17) is 27.8 Å². The summed E-state index contributed by atoms with van der Waals surface area (Å²) in [6.45, 7) is 0.372. The van der Waals surface area contributed by atoms with Crippen LogP contribution in [0.15, 0.2) is 18.2 Å². The molecule has 0 aliphatic carbocycles. The summed E-state index contributed by atoms with van der Waals surface area (Å²) in [4.78, 5) is 0. The van der Waals surface area contributed by atoms with Gasteiger partial charge in [0.25, 0.3) is 0 Å². The maximum absolute atomic E-state index is 5.82. The number of benzene rings is 1. The number of hydrogen-bond acceptors (Lipinski definition) is 3. The summed E-state index contributed by atoms with van der Waals surface area (Å²) in [5.41, 5.74) is 12.1. The Morgan fingerprint density at radius 3 is 2.64 bits per heavy atom. The molecule has 0 saturated heterocycles. The predicted octanol–water partition coefficient (Wildman–Crippen LogP) is 1.73. The molecule has 0 fully saturated rings. The van der Waals surface area contributed by atoms with Gasteiger partial charge in [0.15, 0.2) is 0 Å². The SMILES string of the molecule is COc1ccc(Cl)cc1[C@H](N)CN.Cl. The fraction of sp³-hybridized carbons (Fsp3) is 0.333. The Balaban J connectivity index is 0.00000169. The summed E-state index contributed by atoms with van der Waals surface area (Å²) in [6.07, 6.45) is 0. The maximum Gasteiger partial charge on any atom is 0.123 e. The van der Waals surface area contributed by atoms with Gasteiger partial charge >= 0.3 is 0 Å². The van der Waals surface area contributed by atoms with E-state index in [-0.39, 0.29) is 18.4 Å². The second kappa shape index (κ2) is 6.09. The standard InChI is InChI=1S/C9H13ClN2O.ClH/c1-13-9-3-2-6(10)4-7(9)8(12)5-11;/h2-4,8H,5,11-12H2,1H3;1H/t8-;/m1./s1. The molecule has 14 heavy (non-hydrogen) atoms. The van der Waals surface area contributed by atoms with E-state index in [0.29, 0.717) is 11.6 Å². The highest BCUT2D eigenvalue weighted by molar-refractivity contribution is 6.30. The molecule has 0 aliphatic rings. The third kappa shape index (κ3) is 3.03. The number of hydrogen-bond donors (Lipinski definition) is 2. The molecule has 1 aromatic carbocycles. The van der Waals surface area contributed by atoms with Gasteiger partial charge in [0.1, 0.15) is 5.75 Å². The highest BCUT2D eigenvalue weighted by atomic mass is 35.5. The summed E-state index contributed by atoms with van der Waals surface area (Å²) < 4.78 is 5.13. The van der Waals surface area contributed by atoms with Gasteiger partial charge in [-0.3, -0.25) is 0 Å². The highest BCUT2D eigenvalue weighted by Gasteiger charge is 2.10. The molecule has 0 aliphatic heterocycles. The van der Waals surface area contributed by atoms with Gasteiger partial charge in [0.05, 0.1) is 7.11 Å². The zero-order valence-electron chi connectivity index (χ0n) is 7.87. The molecule has 4 N–H and O–H groups in total. The summed E-state index contributed by atoms with van der Waals surface area (Å²) >= 11 is 5.82. The van der Waals surface area contributed by atoms with Crippen LogP contribution in [0.4, 0.5) is 0 Å². The van der Waals surface area contributed by atoms with Crippen molar-refractivity contribution in [3.8, 4) is 5.75 Å². The third-order valence-electron chi connectivity index (χ3n) is 1.85. The lowest BCUT2D eigenvalue weighted by Crippen LogP contribution is -2.21. The Bertz CT molecular complexity index is 294. The minimum atomic E-state index is -0.228. The Kier molecular flexibility index (Phi) is 5.88. The number of nitrogens with two attached hydrogens (primary N) is 2. The molecule has 1 atom stereocenters. The van der Waals surface area contributed by atoms with Crippen LogP contribution in [0, 0.1) is 0 Å². The van der Waals surface area contributed by atoms with E-state index in [1.54, 1.807) is 25.3 Å². The fourth-order valence-corrected chi connectivity index (χ4v) is 1.30. The number of ether oxygens (including phenoxy) is 1. The molecule has 0 aromatic heterocycles. The van der Waals surface area contributed by atoms with Gasteiger partial charge in [-0.15, -0.1) is 12.4 Å². The minimum Gasteiger partial charge on any atom is -0.496 e. The zero-order valence-corrected chi connectivity index (χ0v) is 9.44. The van der Waals surface area contributed by atoms with Crippen LogP contribution in [0.25, 0.3) is 0 Å². The van der Waals surface area contributed by atoms with Crippen molar-refractivity contribution in [3.63, 3.8) is 0 Å². The van der Waals surface area contributed by atoms with Crippen molar-refractivity contribution in [2.24, 2.45) is 11.5 Å². The lowest BCUT2D eigenvalue weighted by atomic mass is 10.1. The van der Waals surface area contributed by atoms with Crippen LogP contribution in [0.2, 0.25) is 5.02 Å². The van der Waals surface area contributed by atoms with Gasteiger partial charge in [-0.05, 0) is 18.2 Å². The average molecular weight is 237 g/mol. The first kappa shape index (κ1) is 13.5. The second-order valence-electron chi connectivity index (χ2n) is 2.73. The molecule has 0 amide bonds. The zero-order chi connectivity index (χ0) is 9.84. The van der Waals surface area contributed by atoms with Gasteiger partial charge in [-0.25, -0.2) is 0 Å². The molecule has 0 spiro atoms. The summed E-state index contributed by atoms with van der Waals surface area (Å²) in [7, 11) is 1.59. The molecule has 0 bridgehead atoms. The largest absolute Gasteiger partial charge is 0.496 e. The average Bonchev–Trinajstić information content (AvgIpc) is 2.16. The smallest absolute Gasteiger partial charge is 0.123 e. The van der Waals surface area contributed by atoms with Gasteiger partial charge in [-0.2, -0.15) is 0 Å². The Morgan fingerprint density at radius 1 is 1.50 bits per heavy atom. The predicted molar refractivity (Wildman–Crippen MR) is 61.2 cm³/mol. The van der Waals surface area contributed by atoms with Crippen LogP contribution in [-0.4, -0.2) is 13.7 Å². The number of rotatable bonds is 3.